The molecule has 1 aliphatic carbocycles. The summed E-state index contributed by atoms with van der Waals surface area (Å²) in [5.41, 5.74) is 3.63. The van der Waals surface area contributed by atoms with Gasteiger partial charge in [0.25, 0.3) is 5.91 Å². The number of amides is 1. The highest BCUT2D eigenvalue weighted by atomic mass is 19.1. The third-order valence-electron chi connectivity index (χ3n) is 5.91. The van der Waals surface area contributed by atoms with Crippen LogP contribution in [0.3, 0.4) is 0 Å². The fourth-order valence-corrected chi connectivity index (χ4v) is 3.97. The van der Waals surface area contributed by atoms with Crippen molar-refractivity contribution in [1.82, 2.24) is 10.6 Å². The van der Waals surface area contributed by atoms with Gasteiger partial charge in [-0.25, -0.2) is 4.39 Å². The molecule has 1 saturated carbocycles. The topological polar surface area (TPSA) is 97.9 Å². The highest BCUT2D eigenvalue weighted by Crippen LogP contribution is 2.42. The molecule has 2 aliphatic rings. The fourth-order valence-electron chi connectivity index (χ4n) is 3.97. The number of rotatable bonds is 6. The lowest BCUT2D eigenvalue weighted by molar-refractivity contribution is -0.132. The molecule has 0 radical (unpaired) electrons. The first-order valence-electron chi connectivity index (χ1n) is 10.9. The predicted octanol–water partition coefficient (Wildman–Crippen LogP) is 3.17. The second kappa shape index (κ2) is 9.91. The minimum absolute atomic E-state index is 0.0647. The number of halogens is 1. The quantitative estimate of drug-likeness (QED) is 0.731. The van der Waals surface area contributed by atoms with Gasteiger partial charge < -0.3 is 15.4 Å². The maximum atomic E-state index is 14.9. The molecule has 6 nitrogen and oxygen atoms in total. The first-order chi connectivity index (χ1) is 15.6. The van der Waals surface area contributed by atoms with Crippen molar-refractivity contribution in [2.24, 2.45) is 0 Å². The van der Waals surface area contributed by atoms with E-state index in [-0.39, 0.29) is 12.3 Å². The van der Waals surface area contributed by atoms with E-state index in [1.165, 1.54) is 6.07 Å². The van der Waals surface area contributed by atoms with Crippen LogP contribution in [0.4, 0.5) is 4.39 Å². The van der Waals surface area contributed by atoms with Crippen LogP contribution in [0.1, 0.15) is 41.9 Å². The molecule has 1 heterocycles. The van der Waals surface area contributed by atoms with Gasteiger partial charge in [0, 0.05) is 19.6 Å². The standard InChI is InChI=1S/C25H25FN4O2/c26-23-12-18(17-5-7-20(13-27)22(11-17)16-2-3-16)4-6-19(23)10-21(14-28)30-25(31)24-15-29-8-1-9-32-24/h4-7,11-12,16,21,24,29H,1-3,8-10,15H2,(H,30,31)/t21-,24-/m0/s1. The van der Waals surface area contributed by atoms with E-state index in [1.807, 2.05) is 24.3 Å². The average molecular weight is 432 g/mol. The van der Waals surface area contributed by atoms with Crippen LogP contribution in [0.15, 0.2) is 36.4 Å². The van der Waals surface area contributed by atoms with Crippen molar-refractivity contribution in [2.75, 3.05) is 19.7 Å². The molecule has 1 saturated heterocycles. The maximum absolute atomic E-state index is 14.9. The smallest absolute Gasteiger partial charge is 0.251 e. The lowest BCUT2D eigenvalue weighted by atomic mass is 9.95. The minimum atomic E-state index is -0.855. The van der Waals surface area contributed by atoms with Crippen LogP contribution in [0.2, 0.25) is 0 Å². The van der Waals surface area contributed by atoms with Crippen molar-refractivity contribution in [3.05, 3.63) is 58.9 Å². The number of benzene rings is 2. The van der Waals surface area contributed by atoms with Gasteiger partial charge in [-0.3, -0.25) is 4.79 Å². The van der Waals surface area contributed by atoms with Crippen LogP contribution in [0.5, 0.6) is 0 Å². The summed E-state index contributed by atoms with van der Waals surface area (Å²) in [6.45, 7) is 1.65. The van der Waals surface area contributed by atoms with E-state index in [0.717, 1.165) is 36.9 Å². The first kappa shape index (κ1) is 22.0. The number of carbonyl (C=O) groups is 1. The van der Waals surface area contributed by atoms with Gasteiger partial charge in [0.2, 0.25) is 0 Å². The number of nitrogens with one attached hydrogen (secondary N) is 2. The van der Waals surface area contributed by atoms with Crippen LogP contribution >= 0.6 is 0 Å². The molecular formula is C25H25FN4O2. The lowest BCUT2D eigenvalue weighted by Crippen LogP contribution is -2.46. The average Bonchev–Trinajstić information content (AvgIpc) is 3.66. The summed E-state index contributed by atoms with van der Waals surface area (Å²) in [7, 11) is 0. The molecule has 1 aliphatic heterocycles. The molecule has 7 heteroatoms. The molecule has 4 rings (SSSR count). The number of nitriles is 2. The number of ether oxygens (including phenoxy) is 1. The highest BCUT2D eigenvalue weighted by Gasteiger charge is 2.27. The Labute approximate surface area is 187 Å². The Morgan fingerprint density at radius 1 is 1.22 bits per heavy atom. The van der Waals surface area contributed by atoms with Crippen molar-refractivity contribution < 1.29 is 13.9 Å². The first-order valence-corrected chi connectivity index (χ1v) is 10.9. The van der Waals surface area contributed by atoms with Crippen LogP contribution in [0, 0.1) is 28.5 Å². The lowest BCUT2D eigenvalue weighted by Gasteiger charge is -2.18. The predicted molar refractivity (Wildman–Crippen MR) is 117 cm³/mol. The molecule has 2 N–H and O–H groups in total. The number of carbonyl (C=O) groups excluding carboxylic acids is 1. The molecule has 1 amide bonds. The zero-order chi connectivity index (χ0) is 22.5. The van der Waals surface area contributed by atoms with E-state index in [0.29, 0.717) is 35.8 Å². The van der Waals surface area contributed by atoms with Crippen molar-refractivity contribution in [3.63, 3.8) is 0 Å². The van der Waals surface area contributed by atoms with Crippen molar-refractivity contribution >= 4 is 5.91 Å². The Hall–Kier alpha value is -3.26. The van der Waals surface area contributed by atoms with Gasteiger partial charge in [-0.15, -0.1) is 0 Å². The molecule has 164 valence electrons. The van der Waals surface area contributed by atoms with E-state index in [4.69, 9.17) is 4.74 Å². The van der Waals surface area contributed by atoms with Gasteiger partial charge in [0.1, 0.15) is 18.0 Å². The summed E-state index contributed by atoms with van der Waals surface area (Å²) in [5.74, 6) is -0.378. The minimum Gasteiger partial charge on any atom is -0.367 e. The Morgan fingerprint density at radius 2 is 2.00 bits per heavy atom. The SMILES string of the molecule is N#Cc1ccc(-c2ccc(C[C@@H](C#N)NC(=O)[C@@H]3CNCCCO3)c(F)c2)cc1C1CC1. The molecule has 0 bridgehead atoms. The zero-order valence-electron chi connectivity index (χ0n) is 17.7. The molecule has 2 atom stereocenters. The summed E-state index contributed by atoms with van der Waals surface area (Å²) in [5, 5.41) is 24.6. The van der Waals surface area contributed by atoms with Gasteiger partial charge in [0.15, 0.2) is 0 Å². The van der Waals surface area contributed by atoms with Gasteiger partial charge >= 0.3 is 0 Å². The third kappa shape index (κ3) is 5.13. The molecule has 32 heavy (non-hydrogen) atoms. The summed E-state index contributed by atoms with van der Waals surface area (Å²) < 4.78 is 20.4. The van der Waals surface area contributed by atoms with Crippen molar-refractivity contribution in [3.8, 4) is 23.3 Å². The van der Waals surface area contributed by atoms with E-state index < -0.39 is 18.0 Å². The largest absolute Gasteiger partial charge is 0.367 e. The highest BCUT2D eigenvalue weighted by molar-refractivity contribution is 5.81. The molecule has 2 aromatic carbocycles. The van der Waals surface area contributed by atoms with Crippen LogP contribution in [0.25, 0.3) is 11.1 Å². The Kier molecular flexibility index (Phi) is 6.80. The number of hydrogen-bond acceptors (Lipinski definition) is 5. The zero-order valence-corrected chi connectivity index (χ0v) is 17.7. The summed E-state index contributed by atoms with van der Waals surface area (Å²) >= 11 is 0. The molecule has 2 fully saturated rings. The van der Waals surface area contributed by atoms with Crippen LogP contribution in [-0.4, -0.2) is 37.7 Å². The molecular weight excluding hydrogens is 407 g/mol. The fraction of sp³-hybridized carbons (Fsp3) is 0.400. The normalized spacial score (nSPS) is 19.3. The molecule has 0 aromatic heterocycles. The monoisotopic (exact) mass is 432 g/mol. The summed E-state index contributed by atoms with van der Waals surface area (Å²) in [6, 6.07) is 13.9. The molecule has 0 spiro atoms. The second-order valence-corrected chi connectivity index (χ2v) is 8.31. The Bertz CT molecular complexity index is 1080. The van der Waals surface area contributed by atoms with Gasteiger partial charge in [0.05, 0.1) is 17.7 Å². The second-order valence-electron chi connectivity index (χ2n) is 8.31. The van der Waals surface area contributed by atoms with E-state index in [1.54, 1.807) is 12.1 Å². The van der Waals surface area contributed by atoms with Gasteiger partial charge in [-0.05, 0) is 72.2 Å². The van der Waals surface area contributed by atoms with E-state index in [9.17, 15) is 19.7 Å². The van der Waals surface area contributed by atoms with Crippen LogP contribution in [-0.2, 0) is 16.0 Å². The molecule has 0 unspecified atom stereocenters. The number of nitrogens with zero attached hydrogens (tertiary/aromatic N) is 2. The number of hydrogen-bond donors (Lipinski definition) is 2. The van der Waals surface area contributed by atoms with E-state index >= 15 is 0 Å². The summed E-state index contributed by atoms with van der Waals surface area (Å²) in [4.78, 5) is 12.4. The van der Waals surface area contributed by atoms with Gasteiger partial charge in [-0.2, -0.15) is 10.5 Å². The Morgan fingerprint density at radius 3 is 2.72 bits per heavy atom. The maximum Gasteiger partial charge on any atom is 0.251 e. The third-order valence-corrected chi connectivity index (χ3v) is 5.91. The Balaban J connectivity index is 1.46. The van der Waals surface area contributed by atoms with E-state index in [2.05, 4.69) is 16.7 Å². The van der Waals surface area contributed by atoms with Crippen LogP contribution < -0.4 is 10.6 Å². The van der Waals surface area contributed by atoms with Crippen molar-refractivity contribution in [2.45, 2.75) is 43.7 Å². The van der Waals surface area contributed by atoms with Crippen molar-refractivity contribution in [1.29, 1.82) is 10.5 Å². The molecule has 2 aromatic rings. The summed E-state index contributed by atoms with van der Waals surface area (Å²) in [6.07, 6.45) is 2.39. The van der Waals surface area contributed by atoms with Gasteiger partial charge in [-0.1, -0.05) is 18.2 Å².